The van der Waals surface area contributed by atoms with Crippen LogP contribution in [0, 0.1) is 0 Å². The Morgan fingerprint density at radius 3 is 2.94 bits per heavy atom. The van der Waals surface area contributed by atoms with Crippen LogP contribution < -0.4 is 10.6 Å². The molecule has 0 radical (unpaired) electrons. The van der Waals surface area contributed by atoms with E-state index in [-0.39, 0.29) is 6.04 Å². The van der Waals surface area contributed by atoms with Gasteiger partial charge in [-0.05, 0) is 37.4 Å². The second-order valence-corrected chi connectivity index (χ2v) is 4.94. The Bertz CT molecular complexity index is 360. The third-order valence-corrected chi connectivity index (χ3v) is 3.81. The molecular weight excluding hydrogens is 200 g/mol. The van der Waals surface area contributed by atoms with Crippen molar-refractivity contribution in [1.29, 1.82) is 0 Å². The topological polar surface area (TPSA) is 44.3 Å². The van der Waals surface area contributed by atoms with Crippen molar-refractivity contribution < 1.29 is 5.11 Å². The number of piperidine rings is 1. The molecule has 2 heterocycles. The van der Waals surface area contributed by atoms with E-state index < -0.39 is 5.60 Å². The molecule has 3 N–H and O–H groups in total. The molecule has 1 fully saturated rings. The second-order valence-electron chi connectivity index (χ2n) is 4.94. The van der Waals surface area contributed by atoms with Gasteiger partial charge in [-0.3, -0.25) is 0 Å². The van der Waals surface area contributed by atoms with E-state index in [1.54, 1.807) is 0 Å². The smallest absolute Gasteiger partial charge is 0.0974 e. The molecular formula is C13H18N2O. The Morgan fingerprint density at radius 1 is 1.31 bits per heavy atom. The average molecular weight is 218 g/mol. The average Bonchev–Trinajstić information content (AvgIpc) is 2.74. The summed E-state index contributed by atoms with van der Waals surface area (Å²) in [6.07, 6.45) is 2.89. The van der Waals surface area contributed by atoms with Gasteiger partial charge in [-0.2, -0.15) is 0 Å². The van der Waals surface area contributed by atoms with Gasteiger partial charge in [0.15, 0.2) is 0 Å². The van der Waals surface area contributed by atoms with Crippen LogP contribution >= 0.6 is 0 Å². The van der Waals surface area contributed by atoms with E-state index >= 15 is 0 Å². The second kappa shape index (κ2) is 3.75. The van der Waals surface area contributed by atoms with E-state index in [1.807, 2.05) is 6.07 Å². The summed E-state index contributed by atoms with van der Waals surface area (Å²) in [6.45, 7) is 1.74. The fraction of sp³-hybridized carbons (Fsp3) is 0.538. The summed E-state index contributed by atoms with van der Waals surface area (Å²) in [4.78, 5) is 0. The largest absolute Gasteiger partial charge is 0.386 e. The Labute approximate surface area is 95.9 Å². The van der Waals surface area contributed by atoms with Crippen LogP contribution in [0.25, 0.3) is 0 Å². The summed E-state index contributed by atoms with van der Waals surface area (Å²) < 4.78 is 0. The fourth-order valence-corrected chi connectivity index (χ4v) is 2.83. The molecule has 86 valence electrons. The first-order valence-electron chi connectivity index (χ1n) is 6.05. The molecule has 1 aromatic carbocycles. The molecule has 1 aromatic rings. The number of benzene rings is 1. The first kappa shape index (κ1) is 10.1. The van der Waals surface area contributed by atoms with Crippen molar-refractivity contribution in [2.24, 2.45) is 0 Å². The highest BCUT2D eigenvalue weighted by atomic mass is 16.3. The van der Waals surface area contributed by atoms with E-state index in [1.165, 1.54) is 11.3 Å². The zero-order valence-corrected chi connectivity index (χ0v) is 9.37. The molecule has 0 bridgehead atoms. The van der Waals surface area contributed by atoms with Crippen molar-refractivity contribution in [3.63, 3.8) is 0 Å². The number of aliphatic hydroxyl groups is 1. The normalized spacial score (nSPS) is 33.2. The van der Waals surface area contributed by atoms with Gasteiger partial charge >= 0.3 is 0 Å². The van der Waals surface area contributed by atoms with Gasteiger partial charge < -0.3 is 15.7 Å². The molecule has 1 saturated heterocycles. The lowest BCUT2D eigenvalue weighted by Gasteiger charge is -2.37. The van der Waals surface area contributed by atoms with Crippen LogP contribution in [-0.2, 0) is 6.42 Å². The first-order valence-corrected chi connectivity index (χ1v) is 6.05. The van der Waals surface area contributed by atoms with Crippen LogP contribution in [-0.4, -0.2) is 29.8 Å². The Morgan fingerprint density at radius 2 is 2.19 bits per heavy atom. The lowest BCUT2D eigenvalue weighted by Crippen LogP contribution is -2.55. The van der Waals surface area contributed by atoms with Crippen LogP contribution in [0.4, 0.5) is 5.69 Å². The van der Waals surface area contributed by atoms with Crippen LogP contribution in [0.5, 0.6) is 0 Å². The van der Waals surface area contributed by atoms with Crippen molar-refractivity contribution in [1.82, 2.24) is 5.32 Å². The number of β-amino-alcohol motifs (C(OH)–C–C–N with tert-alkyl or cyclic N) is 1. The van der Waals surface area contributed by atoms with Gasteiger partial charge in [0.1, 0.15) is 0 Å². The molecule has 0 saturated carbocycles. The third kappa shape index (κ3) is 1.60. The molecule has 2 unspecified atom stereocenters. The van der Waals surface area contributed by atoms with Crippen LogP contribution in [0.2, 0.25) is 0 Å². The van der Waals surface area contributed by atoms with Crippen LogP contribution in [0.15, 0.2) is 24.3 Å². The van der Waals surface area contributed by atoms with Crippen molar-refractivity contribution in [2.75, 3.05) is 18.4 Å². The maximum absolute atomic E-state index is 10.6. The number of para-hydroxylation sites is 1. The number of nitrogens with one attached hydrogen (secondary N) is 2. The quantitative estimate of drug-likeness (QED) is 0.662. The van der Waals surface area contributed by atoms with Crippen molar-refractivity contribution in [2.45, 2.75) is 30.9 Å². The van der Waals surface area contributed by atoms with E-state index in [4.69, 9.17) is 0 Å². The highest BCUT2D eigenvalue weighted by molar-refractivity contribution is 5.57. The standard InChI is InChI=1S/C13H18N2O/c16-13(6-3-7-14-9-13)12-8-10-4-1-2-5-11(10)15-12/h1-2,4-5,12,14-16H,3,6-9H2. The summed E-state index contributed by atoms with van der Waals surface area (Å²) in [5.74, 6) is 0. The van der Waals surface area contributed by atoms with Crippen molar-refractivity contribution in [3.8, 4) is 0 Å². The van der Waals surface area contributed by atoms with Crippen molar-refractivity contribution in [3.05, 3.63) is 29.8 Å². The Kier molecular flexibility index (Phi) is 2.37. The predicted octanol–water partition coefficient (Wildman–Crippen LogP) is 1.14. The van der Waals surface area contributed by atoms with E-state index in [2.05, 4.69) is 28.8 Å². The first-order chi connectivity index (χ1) is 7.78. The maximum atomic E-state index is 10.6. The minimum Gasteiger partial charge on any atom is -0.386 e. The van der Waals surface area contributed by atoms with Gasteiger partial charge in [-0.15, -0.1) is 0 Å². The molecule has 3 rings (SSSR count). The Balaban J connectivity index is 1.80. The van der Waals surface area contributed by atoms with Crippen molar-refractivity contribution >= 4 is 5.69 Å². The molecule has 0 aliphatic carbocycles. The maximum Gasteiger partial charge on any atom is 0.0974 e. The minimum absolute atomic E-state index is 0.165. The lowest BCUT2D eigenvalue weighted by molar-refractivity contribution is 0.000542. The number of rotatable bonds is 1. The van der Waals surface area contributed by atoms with Gasteiger partial charge in [0.05, 0.1) is 11.6 Å². The lowest BCUT2D eigenvalue weighted by atomic mass is 9.85. The zero-order chi connectivity index (χ0) is 11.0. The van der Waals surface area contributed by atoms with Gasteiger partial charge in [0.2, 0.25) is 0 Å². The minimum atomic E-state index is -0.586. The highest BCUT2D eigenvalue weighted by Gasteiger charge is 2.40. The number of fused-ring (bicyclic) bond motifs is 1. The molecule has 0 spiro atoms. The molecule has 2 aliphatic rings. The van der Waals surface area contributed by atoms with E-state index in [0.29, 0.717) is 6.54 Å². The summed E-state index contributed by atoms with van der Waals surface area (Å²) >= 11 is 0. The fourth-order valence-electron chi connectivity index (χ4n) is 2.83. The third-order valence-electron chi connectivity index (χ3n) is 3.81. The molecule has 2 atom stereocenters. The molecule has 3 heteroatoms. The van der Waals surface area contributed by atoms with Gasteiger partial charge in [0.25, 0.3) is 0 Å². The summed E-state index contributed by atoms with van der Waals surface area (Å²) in [7, 11) is 0. The highest BCUT2D eigenvalue weighted by Crippen LogP contribution is 2.33. The van der Waals surface area contributed by atoms with Crippen LogP contribution in [0.1, 0.15) is 18.4 Å². The number of hydrogen-bond donors (Lipinski definition) is 3. The Hall–Kier alpha value is -1.06. The van der Waals surface area contributed by atoms with Gasteiger partial charge in [-0.25, -0.2) is 0 Å². The molecule has 16 heavy (non-hydrogen) atoms. The number of hydrogen-bond acceptors (Lipinski definition) is 3. The van der Waals surface area contributed by atoms with Crippen LogP contribution in [0.3, 0.4) is 0 Å². The zero-order valence-electron chi connectivity index (χ0n) is 9.37. The summed E-state index contributed by atoms with van der Waals surface area (Å²) in [5, 5.41) is 17.4. The summed E-state index contributed by atoms with van der Waals surface area (Å²) in [6, 6.07) is 8.50. The monoisotopic (exact) mass is 218 g/mol. The van der Waals surface area contributed by atoms with Gasteiger partial charge in [0, 0.05) is 12.2 Å². The van der Waals surface area contributed by atoms with E-state index in [0.717, 1.165) is 25.8 Å². The van der Waals surface area contributed by atoms with Gasteiger partial charge in [-0.1, -0.05) is 18.2 Å². The predicted molar refractivity (Wildman–Crippen MR) is 64.6 cm³/mol. The molecule has 0 amide bonds. The number of anilines is 1. The molecule has 0 aromatic heterocycles. The van der Waals surface area contributed by atoms with E-state index in [9.17, 15) is 5.11 Å². The molecule has 2 aliphatic heterocycles. The molecule has 3 nitrogen and oxygen atoms in total. The SMILES string of the molecule is OC1(C2Cc3ccccc3N2)CCCNC1. The summed E-state index contributed by atoms with van der Waals surface area (Å²) in [5.41, 5.74) is 1.93.